The average Bonchev–Trinajstić information content (AvgIpc) is 2.72. The quantitative estimate of drug-likeness (QED) is 0.513. The molecule has 0 aromatic heterocycles. The van der Waals surface area contributed by atoms with Crippen LogP contribution in [0.15, 0.2) is 11.8 Å². The van der Waals surface area contributed by atoms with Gasteiger partial charge in [-0.2, -0.15) is 0 Å². The van der Waals surface area contributed by atoms with Gasteiger partial charge in [-0.25, -0.2) is 0 Å². The van der Waals surface area contributed by atoms with Crippen LogP contribution in [0.4, 0.5) is 0 Å². The second-order valence-electron chi connectivity index (χ2n) is 5.52. The summed E-state index contributed by atoms with van der Waals surface area (Å²) in [6.45, 7) is 1.72. The Kier molecular flexibility index (Phi) is 8.31. The van der Waals surface area contributed by atoms with Crippen LogP contribution in [0, 0.1) is 5.92 Å². The second-order valence-corrected chi connectivity index (χ2v) is 10.4. The molecule has 2 unspecified atom stereocenters. The van der Waals surface area contributed by atoms with Crippen molar-refractivity contribution in [1.29, 1.82) is 0 Å². The standard InChI is InChI=1S/C14H17Cl6NO3/c1-8(14(18,19)20)6-9-10(24-2)7-12(23)21(9)11(22)4-3-5-13(15,16)17/h7-9H,3-6H2,1-2H3. The van der Waals surface area contributed by atoms with Crippen LogP contribution in [0.1, 0.15) is 32.6 Å². The normalized spacial score (nSPS) is 20.2. The molecule has 10 heteroatoms. The van der Waals surface area contributed by atoms with Crippen LogP contribution < -0.4 is 0 Å². The number of alkyl halides is 6. The van der Waals surface area contributed by atoms with E-state index in [9.17, 15) is 9.59 Å². The lowest BCUT2D eigenvalue weighted by molar-refractivity contribution is -0.143. The Labute approximate surface area is 171 Å². The molecule has 1 aliphatic rings. The molecule has 0 aliphatic carbocycles. The number of imide groups is 1. The van der Waals surface area contributed by atoms with Crippen molar-refractivity contribution in [3.05, 3.63) is 11.8 Å². The molecule has 0 N–H and O–H groups in total. The van der Waals surface area contributed by atoms with Crippen LogP contribution >= 0.6 is 69.6 Å². The van der Waals surface area contributed by atoms with E-state index in [2.05, 4.69) is 0 Å². The van der Waals surface area contributed by atoms with Gasteiger partial charge in [0.2, 0.25) is 5.91 Å². The van der Waals surface area contributed by atoms with Crippen molar-refractivity contribution in [2.24, 2.45) is 5.92 Å². The fraction of sp³-hybridized carbons (Fsp3) is 0.714. The third-order valence-corrected chi connectivity index (χ3v) is 5.32. The first-order valence-corrected chi connectivity index (χ1v) is 9.38. The summed E-state index contributed by atoms with van der Waals surface area (Å²) in [7, 11) is 1.42. The Bertz CT molecular complexity index is 512. The van der Waals surface area contributed by atoms with Crippen molar-refractivity contribution in [3.8, 4) is 0 Å². The molecule has 1 rings (SSSR count). The molecule has 0 saturated heterocycles. The highest BCUT2D eigenvalue weighted by molar-refractivity contribution is 6.68. The lowest BCUT2D eigenvalue weighted by atomic mass is 10.0. The lowest BCUT2D eigenvalue weighted by Crippen LogP contribution is -2.42. The van der Waals surface area contributed by atoms with Crippen LogP contribution in [0.5, 0.6) is 0 Å². The van der Waals surface area contributed by atoms with Crippen molar-refractivity contribution >= 4 is 81.4 Å². The second kappa shape index (κ2) is 8.88. The summed E-state index contributed by atoms with van der Waals surface area (Å²) in [4.78, 5) is 25.7. The Morgan fingerprint density at radius 2 is 1.88 bits per heavy atom. The van der Waals surface area contributed by atoms with Gasteiger partial charge >= 0.3 is 0 Å². The molecule has 4 nitrogen and oxygen atoms in total. The third-order valence-electron chi connectivity index (χ3n) is 3.63. The van der Waals surface area contributed by atoms with E-state index >= 15 is 0 Å². The van der Waals surface area contributed by atoms with Crippen LogP contribution in [0.3, 0.4) is 0 Å². The molecule has 1 heterocycles. The van der Waals surface area contributed by atoms with Crippen molar-refractivity contribution in [2.45, 2.75) is 46.2 Å². The third kappa shape index (κ3) is 6.62. The summed E-state index contributed by atoms with van der Waals surface area (Å²) in [5.74, 6) is -0.907. The molecule has 2 amide bonds. The number of carbonyl (C=O) groups is 2. The Morgan fingerprint density at radius 3 is 2.33 bits per heavy atom. The zero-order valence-electron chi connectivity index (χ0n) is 13.0. The van der Waals surface area contributed by atoms with Gasteiger partial charge in [0, 0.05) is 18.4 Å². The number of hydrogen-bond donors (Lipinski definition) is 0. The zero-order chi connectivity index (χ0) is 18.7. The number of nitrogens with zero attached hydrogens (tertiary/aromatic N) is 1. The van der Waals surface area contributed by atoms with Gasteiger partial charge in [0.25, 0.3) is 5.91 Å². The fourth-order valence-corrected chi connectivity index (χ4v) is 2.98. The van der Waals surface area contributed by atoms with Crippen LogP contribution in [0.25, 0.3) is 0 Å². The smallest absolute Gasteiger partial charge is 0.257 e. The largest absolute Gasteiger partial charge is 0.499 e. The summed E-state index contributed by atoms with van der Waals surface area (Å²) in [5, 5.41) is 0. The summed E-state index contributed by atoms with van der Waals surface area (Å²) in [6.07, 6.45) is 2.11. The first-order chi connectivity index (χ1) is 10.9. The molecule has 0 spiro atoms. The molecular formula is C14H17Cl6NO3. The maximum Gasteiger partial charge on any atom is 0.257 e. The molecule has 2 atom stereocenters. The summed E-state index contributed by atoms with van der Waals surface area (Å²) in [5.41, 5.74) is 0. The van der Waals surface area contributed by atoms with Gasteiger partial charge in [-0.05, 0) is 19.3 Å². The maximum absolute atomic E-state index is 12.4. The van der Waals surface area contributed by atoms with Gasteiger partial charge in [0.15, 0.2) is 7.59 Å². The predicted molar refractivity (Wildman–Crippen MR) is 98.9 cm³/mol. The van der Waals surface area contributed by atoms with Crippen molar-refractivity contribution in [2.75, 3.05) is 7.11 Å². The SMILES string of the molecule is COC1=CC(=O)N(C(=O)CCCC(Cl)(Cl)Cl)C1CC(C)C(Cl)(Cl)Cl. The van der Waals surface area contributed by atoms with E-state index in [1.165, 1.54) is 13.2 Å². The van der Waals surface area contributed by atoms with E-state index in [-0.39, 0.29) is 25.2 Å². The first-order valence-electron chi connectivity index (χ1n) is 7.12. The van der Waals surface area contributed by atoms with E-state index in [1.54, 1.807) is 6.92 Å². The minimum Gasteiger partial charge on any atom is -0.499 e. The van der Waals surface area contributed by atoms with Gasteiger partial charge in [0.05, 0.1) is 13.2 Å². The first kappa shape index (κ1) is 22.5. The number of halogens is 6. The molecule has 0 saturated carbocycles. The Hall–Kier alpha value is 0.420. The van der Waals surface area contributed by atoms with Crippen molar-refractivity contribution in [3.63, 3.8) is 0 Å². The number of methoxy groups -OCH3 is 1. The predicted octanol–water partition coefficient (Wildman–Crippen LogP) is 5.19. The monoisotopic (exact) mass is 457 g/mol. The number of hydrogen-bond acceptors (Lipinski definition) is 3. The minimum atomic E-state index is -1.52. The number of amides is 2. The van der Waals surface area contributed by atoms with Gasteiger partial charge < -0.3 is 4.74 Å². The topological polar surface area (TPSA) is 46.6 Å². The molecule has 0 fully saturated rings. The molecule has 0 radical (unpaired) electrons. The average molecular weight is 460 g/mol. The highest BCUT2D eigenvalue weighted by Crippen LogP contribution is 2.40. The molecular weight excluding hydrogens is 443 g/mol. The maximum atomic E-state index is 12.4. The summed E-state index contributed by atoms with van der Waals surface area (Å²) in [6, 6.07) is -0.617. The van der Waals surface area contributed by atoms with Gasteiger partial charge in [0.1, 0.15) is 5.76 Å². The minimum absolute atomic E-state index is 0.0587. The Morgan fingerprint density at radius 1 is 1.29 bits per heavy atom. The highest BCUT2D eigenvalue weighted by Gasteiger charge is 2.41. The Balaban J connectivity index is 2.82. The lowest BCUT2D eigenvalue weighted by Gasteiger charge is -2.29. The van der Waals surface area contributed by atoms with Crippen LogP contribution in [-0.2, 0) is 14.3 Å². The fourth-order valence-electron chi connectivity index (χ4n) is 2.31. The number of carbonyl (C=O) groups excluding carboxylic acids is 2. The number of ether oxygens (including phenoxy) is 1. The van der Waals surface area contributed by atoms with Crippen molar-refractivity contribution < 1.29 is 14.3 Å². The van der Waals surface area contributed by atoms with E-state index in [0.717, 1.165) is 4.90 Å². The summed E-state index contributed by atoms with van der Waals surface area (Å²) < 4.78 is 2.25. The van der Waals surface area contributed by atoms with E-state index in [0.29, 0.717) is 12.2 Å². The van der Waals surface area contributed by atoms with E-state index < -0.39 is 25.5 Å². The van der Waals surface area contributed by atoms with Crippen molar-refractivity contribution in [1.82, 2.24) is 4.90 Å². The number of rotatable bonds is 6. The molecule has 1 aliphatic heterocycles. The van der Waals surface area contributed by atoms with Gasteiger partial charge in [-0.3, -0.25) is 14.5 Å². The molecule has 0 aromatic carbocycles. The van der Waals surface area contributed by atoms with Crippen LogP contribution in [0.2, 0.25) is 0 Å². The summed E-state index contributed by atoms with van der Waals surface area (Å²) >= 11 is 34.7. The molecule has 24 heavy (non-hydrogen) atoms. The molecule has 0 bridgehead atoms. The highest BCUT2D eigenvalue weighted by atomic mass is 35.6. The van der Waals surface area contributed by atoms with E-state index in [4.69, 9.17) is 74.3 Å². The zero-order valence-corrected chi connectivity index (χ0v) is 17.5. The van der Waals surface area contributed by atoms with Gasteiger partial charge in [-0.15, -0.1) is 0 Å². The molecule has 138 valence electrons. The van der Waals surface area contributed by atoms with Crippen LogP contribution in [-0.4, -0.2) is 37.5 Å². The molecule has 0 aromatic rings. The van der Waals surface area contributed by atoms with E-state index in [1.807, 2.05) is 0 Å². The van der Waals surface area contributed by atoms with Gasteiger partial charge in [-0.1, -0.05) is 76.5 Å².